The van der Waals surface area contributed by atoms with Gasteiger partial charge in [-0.2, -0.15) is 0 Å². The van der Waals surface area contributed by atoms with Crippen molar-refractivity contribution in [3.8, 4) is 0 Å². The molecule has 0 aromatic carbocycles. The molecule has 2 heterocycles. The summed E-state index contributed by atoms with van der Waals surface area (Å²) in [7, 11) is -3.23. The quantitative estimate of drug-likeness (QED) is 0.921. The number of hydrogen-bond acceptors (Lipinski definition) is 5. The summed E-state index contributed by atoms with van der Waals surface area (Å²) in [6.45, 7) is 8.26. The Morgan fingerprint density at radius 1 is 1.19 bits per heavy atom. The lowest BCUT2D eigenvalue weighted by molar-refractivity contribution is 0.321. The van der Waals surface area contributed by atoms with Crippen molar-refractivity contribution in [1.29, 1.82) is 0 Å². The van der Waals surface area contributed by atoms with Crippen LogP contribution in [-0.4, -0.2) is 46.6 Å². The minimum absolute atomic E-state index is 0.221. The summed E-state index contributed by atoms with van der Waals surface area (Å²) < 4.78 is 25.6. The van der Waals surface area contributed by atoms with Crippen molar-refractivity contribution in [1.82, 2.24) is 14.3 Å². The van der Waals surface area contributed by atoms with Crippen LogP contribution in [-0.2, 0) is 10.0 Å². The van der Waals surface area contributed by atoms with E-state index < -0.39 is 14.8 Å². The third-order valence-electron chi connectivity index (χ3n) is 3.68. The molecule has 21 heavy (non-hydrogen) atoms. The summed E-state index contributed by atoms with van der Waals surface area (Å²) in [5.41, 5.74) is 1.02. The van der Waals surface area contributed by atoms with Crippen LogP contribution in [0.5, 0.6) is 0 Å². The second kappa shape index (κ2) is 5.88. The predicted octanol–water partition coefficient (Wildman–Crippen LogP) is 1.79. The number of aryl methyl sites for hydroxylation is 1. The molecule has 0 bridgehead atoms. The fourth-order valence-corrected chi connectivity index (χ4v) is 3.74. The Morgan fingerprint density at radius 2 is 1.71 bits per heavy atom. The first-order chi connectivity index (χ1) is 9.70. The van der Waals surface area contributed by atoms with Crippen molar-refractivity contribution >= 4 is 16.0 Å². The largest absolute Gasteiger partial charge is 0.351 e. The minimum Gasteiger partial charge on any atom is -0.351 e. The summed E-state index contributed by atoms with van der Waals surface area (Å²) in [4.78, 5) is 8.45. The number of nitrogens with one attached hydrogen (secondary N) is 1. The average molecular weight is 312 g/mol. The van der Waals surface area contributed by atoms with E-state index in [-0.39, 0.29) is 6.04 Å². The van der Waals surface area contributed by atoms with E-state index in [9.17, 15) is 8.42 Å². The van der Waals surface area contributed by atoms with Gasteiger partial charge in [-0.3, -0.25) is 0 Å². The van der Waals surface area contributed by atoms with E-state index >= 15 is 0 Å². The molecule has 1 saturated heterocycles. The van der Waals surface area contributed by atoms with E-state index in [0.717, 1.165) is 18.4 Å². The molecule has 1 aliphatic heterocycles. The van der Waals surface area contributed by atoms with Crippen LogP contribution in [0.1, 0.15) is 39.2 Å². The first-order valence-corrected chi connectivity index (χ1v) is 8.69. The van der Waals surface area contributed by atoms with E-state index in [0.29, 0.717) is 19.0 Å². The van der Waals surface area contributed by atoms with Crippen LogP contribution in [0.15, 0.2) is 12.4 Å². The molecule has 0 radical (unpaired) electrons. The number of hydrogen-bond donors (Lipinski definition) is 1. The predicted molar refractivity (Wildman–Crippen MR) is 83.7 cm³/mol. The molecule has 0 aliphatic carbocycles. The number of piperidine rings is 1. The molecule has 1 fully saturated rings. The molecular weight excluding hydrogens is 288 g/mol. The maximum Gasteiger partial charge on any atom is 0.222 e. The molecule has 6 nitrogen and oxygen atoms in total. The van der Waals surface area contributed by atoms with Gasteiger partial charge in [-0.25, -0.2) is 22.7 Å². The number of rotatable bonds is 3. The van der Waals surface area contributed by atoms with Gasteiger partial charge in [0.25, 0.3) is 0 Å². The van der Waals surface area contributed by atoms with Crippen LogP contribution in [0.25, 0.3) is 0 Å². The maximum absolute atomic E-state index is 12.4. The van der Waals surface area contributed by atoms with Crippen molar-refractivity contribution < 1.29 is 8.42 Å². The summed E-state index contributed by atoms with van der Waals surface area (Å²) in [6.07, 6.45) is 5.09. The second-order valence-electron chi connectivity index (χ2n) is 6.52. The van der Waals surface area contributed by atoms with Crippen LogP contribution < -0.4 is 5.32 Å². The lowest BCUT2D eigenvalue weighted by Gasteiger charge is -2.35. The van der Waals surface area contributed by atoms with Crippen LogP contribution in [0, 0.1) is 6.92 Å². The number of aromatic nitrogens is 2. The number of sulfonamides is 1. The molecule has 1 aromatic rings. The van der Waals surface area contributed by atoms with Gasteiger partial charge in [0, 0.05) is 31.5 Å². The van der Waals surface area contributed by atoms with Crippen LogP contribution in [0.2, 0.25) is 0 Å². The highest BCUT2D eigenvalue weighted by Gasteiger charge is 2.37. The lowest BCUT2D eigenvalue weighted by Crippen LogP contribution is -2.48. The van der Waals surface area contributed by atoms with Gasteiger partial charge in [0.2, 0.25) is 16.0 Å². The monoisotopic (exact) mass is 312 g/mol. The zero-order chi connectivity index (χ0) is 15.7. The Balaban J connectivity index is 1.93. The number of nitrogens with zero attached hydrogens (tertiary/aromatic N) is 3. The van der Waals surface area contributed by atoms with Crippen molar-refractivity contribution in [3.63, 3.8) is 0 Å². The van der Waals surface area contributed by atoms with Crippen molar-refractivity contribution in [2.75, 3.05) is 18.4 Å². The molecule has 1 aliphatic rings. The van der Waals surface area contributed by atoms with Crippen LogP contribution in [0.3, 0.4) is 0 Å². The van der Waals surface area contributed by atoms with E-state index in [2.05, 4.69) is 15.3 Å². The summed E-state index contributed by atoms with van der Waals surface area (Å²) in [6, 6.07) is 0.221. The zero-order valence-corrected chi connectivity index (χ0v) is 13.9. The van der Waals surface area contributed by atoms with Gasteiger partial charge in [0.1, 0.15) is 0 Å². The van der Waals surface area contributed by atoms with E-state index in [4.69, 9.17) is 0 Å². The molecule has 0 amide bonds. The van der Waals surface area contributed by atoms with Gasteiger partial charge in [-0.1, -0.05) is 0 Å². The van der Waals surface area contributed by atoms with E-state index in [1.54, 1.807) is 37.5 Å². The summed E-state index contributed by atoms with van der Waals surface area (Å²) in [5, 5.41) is 3.28. The van der Waals surface area contributed by atoms with Gasteiger partial charge in [-0.05, 0) is 46.1 Å². The Bertz CT molecular complexity index is 570. The topological polar surface area (TPSA) is 75.2 Å². The Kier molecular flexibility index (Phi) is 4.53. The molecule has 0 saturated carbocycles. The average Bonchev–Trinajstić information content (AvgIpc) is 2.41. The molecule has 0 spiro atoms. The second-order valence-corrected chi connectivity index (χ2v) is 9.21. The molecule has 118 valence electrons. The normalized spacial score (nSPS) is 18.7. The third-order valence-corrected chi connectivity index (χ3v) is 6.27. The summed E-state index contributed by atoms with van der Waals surface area (Å²) >= 11 is 0. The maximum atomic E-state index is 12.4. The molecule has 0 atom stereocenters. The smallest absolute Gasteiger partial charge is 0.222 e. The lowest BCUT2D eigenvalue weighted by atomic mass is 10.1. The standard InChI is InChI=1S/C14H24N4O2S/c1-11-9-15-13(16-10-11)17-12-5-7-18(8-6-12)21(19,20)14(2,3)4/h9-10,12H,5-8H2,1-4H3,(H,15,16,17). The van der Waals surface area contributed by atoms with Gasteiger partial charge in [-0.15, -0.1) is 0 Å². The fraction of sp³-hybridized carbons (Fsp3) is 0.714. The zero-order valence-electron chi connectivity index (χ0n) is 13.1. The van der Waals surface area contributed by atoms with Gasteiger partial charge in [0.15, 0.2) is 0 Å². The third kappa shape index (κ3) is 3.71. The first kappa shape index (κ1) is 16.2. The van der Waals surface area contributed by atoms with Crippen molar-refractivity contribution in [2.24, 2.45) is 0 Å². The highest BCUT2D eigenvalue weighted by atomic mass is 32.2. The molecular formula is C14H24N4O2S. The molecule has 1 aromatic heterocycles. The van der Waals surface area contributed by atoms with Crippen molar-refractivity contribution in [3.05, 3.63) is 18.0 Å². The minimum atomic E-state index is -3.23. The van der Waals surface area contributed by atoms with Crippen molar-refractivity contribution in [2.45, 2.75) is 51.3 Å². The fourth-order valence-electron chi connectivity index (χ4n) is 2.28. The van der Waals surface area contributed by atoms with Gasteiger partial charge < -0.3 is 5.32 Å². The van der Waals surface area contributed by atoms with E-state index in [1.165, 1.54) is 0 Å². The number of anilines is 1. The molecule has 7 heteroatoms. The molecule has 2 rings (SSSR count). The summed E-state index contributed by atoms with van der Waals surface area (Å²) in [5.74, 6) is 0.609. The van der Waals surface area contributed by atoms with E-state index in [1.807, 2.05) is 6.92 Å². The van der Waals surface area contributed by atoms with Gasteiger partial charge in [0.05, 0.1) is 4.75 Å². The first-order valence-electron chi connectivity index (χ1n) is 7.25. The Morgan fingerprint density at radius 3 is 2.19 bits per heavy atom. The Labute approximate surface area is 127 Å². The highest BCUT2D eigenvalue weighted by molar-refractivity contribution is 7.90. The molecule has 0 unspecified atom stereocenters. The van der Waals surface area contributed by atoms with Crippen LogP contribution >= 0.6 is 0 Å². The van der Waals surface area contributed by atoms with Gasteiger partial charge >= 0.3 is 0 Å². The Hall–Kier alpha value is -1.21. The SMILES string of the molecule is Cc1cnc(NC2CCN(S(=O)(=O)C(C)(C)C)CC2)nc1. The van der Waals surface area contributed by atoms with Crippen LogP contribution in [0.4, 0.5) is 5.95 Å². The highest BCUT2D eigenvalue weighted by Crippen LogP contribution is 2.24. The molecule has 1 N–H and O–H groups in total.